The number of fused-ring (bicyclic) bond motifs is 1. The molecule has 150 valence electrons. The number of para-hydroxylation sites is 1. The molecule has 8 heteroatoms. The molecule has 1 aliphatic heterocycles. The maximum absolute atomic E-state index is 12.3. The highest BCUT2D eigenvalue weighted by Crippen LogP contribution is 2.47. The minimum Gasteiger partial charge on any atom is -0.497 e. The SMILES string of the molecule is COc1cccc(-n2cnc3c2C(c2cccc(OC)c2OC)SCC(=O)N3)c1. The number of carbonyl (C=O) groups excluding carboxylic acids is 1. The van der Waals surface area contributed by atoms with Crippen LogP contribution in [0, 0.1) is 0 Å². The van der Waals surface area contributed by atoms with Crippen LogP contribution in [0.2, 0.25) is 0 Å². The molecule has 1 aromatic heterocycles. The molecular weight excluding hydrogens is 390 g/mol. The second-order valence-corrected chi connectivity index (χ2v) is 7.47. The highest BCUT2D eigenvalue weighted by Gasteiger charge is 2.32. The Balaban J connectivity index is 1.91. The molecule has 1 aliphatic rings. The molecular formula is C21H21N3O4S. The number of thioether (sulfide) groups is 1. The number of rotatable bonds is 5. The molecule has 0 saturated heterocycles. The van der Waals surface area contributed by atoms with Gasteiger partial charge in [0.15, 0.2) is 17.3 Å². The van der Waals surface area contributed by atoms with E-state index in [9.17, 15) is 4.79 Å². The summed E-state index contributed by atoms with van der Waals surface area (Å²) in [4.78, 5) is 16.8. The molecule has 7 nitrogen and oxygen atoms in total. The number of carbonyl (C=O) groups is 1. The lowest BCUT2D eigenvalue weighted by Crippen LogP contribution is -2.12. The first-order valence-corrected chi connectivity index (χ1v) is 10.0. The third-order valence-corrected chi connectivity index (χ3v) is 5.98. The Morgan fingerprint density at radius 2 is 1.93 bits per heavy atom. The third-order valence-electron chi connectivity index (χ3n) is 4.74. The van der Waals surface area contributed by atoms with Crippen molar-refractivity contribution in [1.82, 2.24) is 9.55 Å². The number of benzene rings is 2. The van der Waals surface area contributed by atoms with E-state index in [0.29, 0.717) is 23.1 Å². The lowest BCUT2D eigenvalue weighted by atomic mass is 10.1. The van der Waals surface area contributed by atoms with Crippen LogP contribution in [0.15, 0.2) is 48.8 Å². The van der Waals surface area contributed by atoms with Crippen molar-refractivity contribution in [2.24, 2.45) is 0 Å². The molecule has 1 N–H and O–H groups in total. The summed E-state index contributed by atoms with van der Waals surface area (Å²) < 4.78 is 18.5. The van der Waals surface area contributed by atoms with Gasteiger partial charge in [0.25, 0.3) is 0 Å². The number of aromatic nitrogens is 2. The fourth-order valence-corrected chi connectivity index (χ4v) is 4.57. The summed E-state index contributed by atoms with van der Waals surface area (Å²) in [5.41, 5.74) is 2.67. The van der Waals surface area contributed by atoms with Crippen LogP contribution in [0.1, 0.15) is 16.5 Å². The minimum absolute atomic E-state index is 0.0866. The largest absolute Gasteiger partial charge is 0.497 e. The third kappa shape index (κ3) is 3.51. The van der Waals surface area contributed by atoms with Crippen LogP contribution in [0.3, 0.4) is 0 Å². The van der Waals surface area contributed by atoms with Crippen molar-refractivity contribution in [2.75, 3.05) is 32.4 Å². The molecule has 1 unspecified atom stereocenters. The zero-order valence-corrected chi connectivity index (χ0v) is 17.2. The number of anilines is 1. The number of methoxy groups -OCH3 is 3. The summed E-state index contributed by atoms with van der Waals surface area (Å²) in [7, 11) is 4.86. The molecule has 0 spiro atoms. The van der Waals surface area contributed by atoms with E-state index in [1.54, 1.807) is 27.7 Å². The van der Waals surface area contributed by atoms with Crippen LogP contribution in [-0.4, -0.2) is 42.5 Å². The number of hydrogen-bond acceptors (Lipinski definition) is 6. The lowest BCUT2D eigenvalue weighted by Gasteiger charge is -2.21. The van der Waals surface area contributed by atoms with Crippen molar-refractivity contribution in [1.29, 1.82) is 0 Å². The van der Waals surface area contributed by atoms with E-state index in [1.807, 2.05) is 47.0 Å². The standard InChI is InChI=1S/C21H21N3O4S/c1-26-14-7-4-6-13(10-14)24-12-22-21-18(24)20(29-11-17(25)23-21)15-8-5-9-16(27-2)19(15)28-3/h4-10,12,20H,11H2,1-3H3,(H,23,25). The molecule has 29 heavy (non-hydrogen) atoms. The Bertz CT molecular complexity index is 1050. The van der Waals surface area contributed by atoms with Crippen LogP contribution in [0.4, 0.5) is 5.82 Å². The van der Waals surface area contributed by atoms with Crippen LogP contribution in [-0.2, 0) is 4.79 Å². The quantitative estimate of drug-likeness (QED) is 0.691. The molecule has 1 atom stereocenters. The Morgan fingerprint density at radius 3 is 2.69 bits per heavy atom. The van der Waals surface area contributed by atoms with E-state index < -0.39 is 0 Å². The van der Waals surface area contributed by atoms with Gasteiger partial charge in [0.2, 0.25) is 5.91 Å². The molecule has 4 rings (SSSR count). The highest BCUT2D eigenvalue weighted by atomic mass is 32.2. The topological polar surface area (TPSA) is 74.6 Å². The van der Waals surface area contributed by atoms with Crippen LogP contribution >= 0.6 is 11.8 Å². The van der Waals surface area contributed by atoms with Gasteiger partial charge < -0.3 is 19.5 Å². The van der Waals surface area contributed by atoms with Gasteiger partial charge in [0.1, 0.15) is 12.1 Å². The Morgan fingerprint density at radius 1 is 1.10 bits per heavy atom. The first-order chi connectivity index (χ1) is 14.2. The maximum Gasteiger partial charge on any atom is 0.235 e. The van der Waals surface area contributed by atoms with E-state index >= 15 is 0 Å². The molecule has 0 bridgehead atoms. The normalized spacial score (nSPS) is 15.8. The molecule has 0 fully saturated rings. The zero-order chi connectivity index (χ0) is 20.4. The smallest absolute Gasteiger partial charge is 0.235 e. The van der Waals surface area contributed by atoms with Crippen molar-refractivity contribution >= 4 is 23.5 Å². The summed E-state index contributed by atoms with van der Waals surface area (Å²) in [6.07, 6.45) is 1.71. The molecule has 1 amide bonds. The van der Waals surface area contributed by atoms with Gasteiger partial charge in [-0.1, -0.05) is 18.2 Å². The first-order valence-electron chi connectivity index (χ1n) is 9.00. The second kappa shape index (κ2) is 8.08. The Hall–Kier alpha value is -3.13. The van der Waals surface area contributed by atoms with Gasteiger partial charge in [0, 0.05) is 11.6 Å². The van der Waals surface area contributed by atoms with Crippen LogP contribution < -0.4 is 19.5 Å². The first kappa shape index (κ1) is 19.2. The van der Waals surface area contributed by atoms with Crippen molar-refractivity contribution in [3.8, 4) is 22.9 Å². The predicted molar refractivity (Wildman–Crippen MR) is 113 cm³/mol. The summed E-state index contributed by atoms with van der Waals surface area (Å²) in [5.74, 6) is 2.79. The number of ether oxygens (including phenoxy) is 3. The van der Waals surface area contributed by atoms with Crippen molar-refractivity contribution in [3.05, 3.63) is 60.0 Å². The van der Waals surface area contributed by atoms with Crippen LogP contribution in [0.25, 0.3) is 5.69 Å². The summed E-state index contributed by atoms with van der Waals surface area (Å²) in [5, 5.41) is 2.72. The van der Waals surface area contributed by atoms with E-state index in [0.717, 1.165) is 22.7 Å². The van der Waals surface area contributed by atoms with Gasteiger partial charge in [-0.15, -0.1) is 11.8 Å². The lowest BCUT2D eigenvalue weighted by molar-refractivity contribution is -0.113. The maximum atomic E-state index is 12.3. The van der Waals surface area contributed by atoms with E-state index in [2.05, 4.69) is 10.3 Å². The number of imidazole rings is 1. The molecule has 3 aromatic rings. The minimum atomic E-state index is -0.192. The molecule has 0 radical (unpaired) electrons. The number of nitrogens with one attached hydrogen (secondary N) is 1. The monoisotopic (exact) mass is 411 g/mol. The van der Waals surface area contributed by atoms with Gasteiger partial charge in [-0.05, 0) is 18.2 Å². The molecule has 0 aliphatic carbocycles. The van der Waals surface area contributed by atoms with Gasteiger partial charge in [-0.25, -0.2) is 4.98 Å². The zero-order valence-electron chi connectivity index (χ0n) is 16.3. The fraction of sp³-hybridized carbons (Fsp3) is 0.238. The van der Waals surface area contributed by atoms with Gasteiger partial charge in [-0.3, -0.25) is 9.36 Å². The van der Waals surface area contributed by atoms with E-state index in [-0.39, 0.29) is 11.2 Å². The Kier molecular flexibility index (Phi) is 5.35. The van der Waals surface area contributed by atoms with Gasteiger partial charge >= 0.3 is 0 Å². The summed E-state index contributed by atoms with van der Waals surface area (Å²) in [6, 6.07) is 13.5. The Labute approximate surface area is 173 Å². The van der Waals surface area contributed by atoms with Crippen molar-refractivity contribution < 1.29 is 19.0 Å². The van der Waals surface area contributed by atoms with Crippen molar-refractivity contribution in [2.45, 2.75) is 5.25 Å². The average Bonchev–Trinajstić information content (AvgIpc) is 3.09. The number of hydrogen-bond donors (Lipinski definition) is 1. The average molecular weight is 411 g/mol. The fourth-order valence-electron chi connectivity index (χ4n) is 3.43. The van der Waals surface area contributed by atoms with Crippen LogP contribution in [0.5, 0.6) is 17.2 Å². The summed E-state index contributed by atoms with van der Waals surface area (Å²) >= 11 is 1.52. The molecule has 2 aromatic carbocycles. The number of nitrogens with zero attached hydrogens (tertiary/aromatic N) is 2. The number of amides is 1. The van der Waals surface area contributed by atoms with E-state index in [1.165, 1.54) is 11.8 Å². The van der Waals surface area contributed by atoms with Gasteiger partial charge in [-0.2, -0.15) is 0 Å². The van der Waals surface area contributed by atoms with Crippen molar-refractivity contribution in [3.63, 3.8) is 0 Å². The summed E-state index contributed by atoms with van der Waals surface area (Å²) in [6.45, 7) is 0. The predicted octanol–water partition coefficient (Wildman–Crippen LogP) is 3.67. The molecule has 0 saturated carbocycles. The highest BCUT2D eigenvalue weighted by molar-refractivity contribution is 8.00. The molecule has 2 heterocycles. The second-order valence-electron chi connectivity index (χ2n) is 6.37. The van der Waals surface area contributed by atoms with E-state index in [4.69, 9.17) is 14.2 Å². The van der Waals surface area contributed by atoms with Gasteiger partial charge in [0.05, 0.1) is 43.7 Å².